The zero-order chi connectivity index (χ0) is 17.1. The second kappa shape index (κ2) is 6.81. The van der Waals surface area contributed by atoms with E-state index >= 15 is 0 Å². The fourth-order valence-electron chi connectivity index (χ4n) is 2.74. The fourth-order valence-corrected chi connectivity index (χ4v) is 2.74. The van der Waals surface area contributed by atoms with Crippen LogP contribution in [-0.2, 0) is 0 Å². The molecular weight excluding hydrogens is 300 g/mol. The number of benzene rings is 2. The van der Waals surface area contributed by atoms with Crippen molar-refractivity contribution in [3.05, 3.63) is 77.1 Å². The van der Waals surface area contributed by atoms with E-state index < -0.39 is 6.10 Å². The van der Waals surface area contributed by atoms with Crippen molar-refractivity contribution in [2.75, 3.05) is 6.54 Å². The summed E-state index contributed by atoms with van der Waals surface area (Å²) in [5.41, 5.74) is 2.88. The maximum Gasteiger partial charge on any atom is 0.253 e. The molecule has 0 aliphatic carbocycles. The summed E-state index contributed by atoms with van der Waals surface area (Å²) >= 11 is 0. The van der Waals surface area contributed by atoms with Gasteiger partial charge in [0, 0.05) is 12.2 Å². The number of carbonyl (C=O) groups excluding carboxylic acids is 1. The van der Waals surface area contributed by atoms with Crippen molar-refractivity contribution in [3.8, 4) is 0 Å². The summed E-state index contributed by atoms with van der Waals surface area (Å²) in [6.07, 6.45) is -0.753. The molecule has 4 heteroatoms. The van der Waals surface area contributed by atoms with Crippen LogP contribution >= 0.6 is 0 Å². The van der Waals surface area contributed by atoms with Crippen molar-refractivity contribution in [2.45, 2.75) is 20.0 Å². The van der Waals surface area contributed by atoms with E-state index in [1.807, 2.05) is 62.4 Å². The summed E-state index contributed by atoms with van der Waals surface area (Å²) in [5, 5.41) is 15.3. The Morgan fingerprint density at radius 2 is 1.83 bits per heavy atom. The van der Waals surface area contributed by atoms with Crippen molar-refractivity contribution in [1.82, 2.24) is 10.3 Å². The van der Waals surface area contributed by atoms with Crippen LogP contribution in [0.15, 0.2) is 54.6 Å². The Balaban J connectivity index is 1.69. The van der Waals surface area contributed by atoms with Crippen LogP contribution < -0.4 is 5.32 Å². The lowest BCUT2D eigenvalue weighted by molar-refractivity contribution is 0.0915. The number of rotatable bonds is 4. The number of hydrogen-bond acceptors (Lipinski definition) is 3. The van der Waals surface area contributed by atoms with Gasteiger partial charge in [-0.3, -0.25) is 9.78 Å². The zero-order valence-electron chi connectivity index (χ0n) is 13.8. The number of carbonyl (C=O) groups is 1. The SMILES string of the molecule is Cc1ccc(C(=O)NCC(O)c2ccc3ccccc3c2)c(C)n1. The van der Waals surface area contributed by atoms with E-state index in [-0.39, 0.29) is 12.5 Å². The molecule has 2 aromatic carbocycles. The average molecular weight is 320 g/mol. The summed E-state index contributed by atoms with van der Waals surface area (Å²) < 4.78 is 0. The van der Waals surface area contributed by atoms with E-state index in [0.717, 1.165) is 22.0 Å². The van der Waals surface area contributed by atoms with E-state index in [4.69, 9.17) is 0 Å². The quantitative estimate of drug-likeness (QED) is 0.775. The van der Waals surface area contributed by atoms with Gasteiger partial charge in [0.2, 0.25) is 0 Å². The molecule has 1 atom stereocenters. The Morgan fingerprint density at radius 1 is 1.08 bits per heavy atom. The van der Waals surface area contributed by atoms with Gasteiger partial charge in [-0.1, -0.05) is 36.4 Å². The zero-order valence-corrected chi connectivity index (χ0v) is 13.8. The van der Waals surface area contributed by atoms with Crippen LogP contribution in [0.1, 0.15) is 33.4 Å². The molecule has 0 spiro atoms. The minimum Gasteiger partial charge on any atom is -0.387 e. The summed E-state index contributed by atoms with van der Waals surface area (Å²) in [5.74, 6) is -0.222. The number of aryl methyl sites for hydroxylation is 2. The molecule has 0 aliphatic heterocycles. The topological polar surface area (TPSA) is 62.2 Å². The molecule has 4 nitrogen and oxygen atoms in total. The molecule has 122 valence electrons. The van der Waals surface area contributed by atoms with Crippen molar-refractivity contribution in [3.63, 3.8) is 0 Å². The lowest BCUT2D eigenvalue weighted by Gasteiger charge is -2.14. The number of nitrogens with one attached hydrogen (secondary N) is 1. The van der Waals surface area contributed by atoms with E-state index in [0.29, 0.717) is 11.3 Å². The first-order valence-corrected chi connectivity index (χ1v) is 7.94. The van der Waals surface area contributed by atoms with Gasteiger partial charge in [-0.05, 0) is 48.4 Å². The van der Waals surface area contributed by atoms with Gasteiger partial charge in [-0.15, -0.1) is 0 Å². The van der Waals surface area contributed by atoms with Crippen molar-refractivity contribution >= 4 is 16.7 Å². The molecule has 3 aromatic rings. The molecule has 0 saturated carbocycles. The largest absolute Gasteiger partial charge is 0.387 e. The van der Waals surface area contributed by atoms with E-state index in [9.17, 15) is 9.90 Å². The number of aromatic nitrogens is 1. The monoisotopic (exact) mass is 320 g/mol. The highest BCUT2D eigenvalue weighted by Crippen LogP contribution is 2.20. The Labute approximate surface area is 141 Å². The molecule has 1 unspecified atom stereocenters. The van der Waals surface area contributed by atoms with Crippen LogP contribution in [0.3, 0.4) is 0 Å². The molecule has 1 heterocycles. The maximum absolute atomic E-state index is 12.3. The van der Waals surface area contributed by atoms with Crippen LogP contribution in [0.2, 0.25) is 0 Å². The normalized spacial score (nSPS) is 12.1. The van der Waals surface area contributed by atoms with E-state index in [2.05, 4.69) is 10.3 Å². The van der Waals surface area contributed by atoms with Crippen LogP contribution in [-0.4, -0.2) is 22.5 Å². The van der Waals surface area contributed by atoms with E-state index in [1.165, 1.54) is 0 Å². The molecule has 2 N–H and O–H groups in total. The van der Waals surface area contributed by atoms with Gasteiger partial charge in [-0.2, -0.15) is 0 Å². The van der Waals surface area contributed by atoms with E-state index in [1.54, 1.807) is 6.07 Å². The van der Waals surface area contributed by atoms with Gasteiger partial charge < -0.3 is 10.4 Å². The Kier molecular flexibility index (Phi) is 4.58. The van der Waals surface area contributed by atoms with Crippen LogP contribution in [0, 0.1) is 13.8 Å². The van der Waals surface area contributed by atoms with Gasteiger partial charge >= 0.3 is 0 Å². The first-order valence-electron chi connectivity index (χ1n) is 7.94. The van der Waals surface area contributed by atoms with Crippen molar-refractivity contribution < 1.29 is 9.90 Å². The molecule has 0 saturated heterocycles. The second-order valence-electron chi connectivity index (χ2n) is 5.92. The van der Waals surface area contributed by atoms with Gasteiger partial charge in [0.1, 0.15) is 0 Å². The molecule has 0 bridgehead atoms. The maximum atomic E-state index is 12.3. The highest BCUT2D eigenvalue weighted by molar-refractivity contribution is 5.95. The van der Waals surface area contributed by atoms with Crippen LogP contribution in [0.4, 0.5) is 0 Å². The lowest BCUT2D eigenvalue weighted by atomic mass is 10.0. The van der Waals surface area contributed by atoms with Gasteiger partial charge in [-0.25, -0.2) is 0 Å². The molecule has 0 fully saturated rings. The van der Waals surface area contributed by atoms with Crippen LogP contribution in [0.5, 0.6) is 0 Å². The number of amides is 1. The fraction of sp³-hybridized carbons (Fsp3) is 0.200. The number of fused-ring (bicyclic) bond motifs is 1. The molecular formula is C20H20N2O2. The third kappa shape index (κ3) is 3.44. The lowest BCUT2D eigenvalue weighted by Crippen LogP contribution is -2.29. The number of nitrogens with zero attached hydrogens (tertiary/aromatic N) is 1. The average Bonchev–Trinajstić information content (AvgIpc) is 2.59. The summed E-state index contributed by atoms with van der Waals surface area (Å²) in [6, 6.07) is 17.4. The number of aliphatic hydroxyl groups excluding tert-OH is 1. The molecule has 1 amide bonds. The molecule has 3 rings (SSSR count). The third-order valence-corrected chi connectivity index (χ3v) is 4.08. The minimum absolute atomic E-state index is 0.157. The third-order valence-electron chi connectivity index (χ3n) is 4.08. The first-order chi connectivity index (χ1) is 11.5. The molecule has 0 aliphatic rings. The predicted molar refractivity (Wildman–Crippen MR) is 95.0 cm³/mol. The summed E-state index contributed by atoms with van der Waals surface area (Å²) in [7, 11) is 0. The smallest absolute Gasteiger partial charge is 0.253 e. The van der Waals surface area contributed by atoms with Crippen LogP contribution in [0.25, 0.3) is 10.8 Å². The van der Waals surface area contributed by atoms with Crippen molar-refractivity contribution in [1.29, 1.82) is 0 Å². The number of pyridine rings is 1. The highest BCUT2D eigenvalue weighted by Gasteiger charge is 2.13. The predicted octanol–water partition coefficient (Wildman–Crippen LogP) is 3.32. The Hall–Kier alpha value is -2.72. The standard InChI is InChI=1S/C20H20N2O2/c1-13-7-10-18(14(2)22-13)20(24)21-12-19(23)17-9-8-15-5-3-4-6-16(15)11-17/h3-11,19,23H,12H2,1-2H3,(H,21,24). The molecule has 0 radical (unpaired) electrons. The first kappa shape index (κ1) is 16.1. The minimum atomic E-state index is -0.753. The molecule has 1 aromatic heterocycles. The highest BCUT2D eigenvalue weighted by atomic mass is 16.3. The second-order valence-corrected chi connectivity index (χ2v) is 5.92. The Morgan fingerprint density at radius 3 is 2.58 bits per heavy atom. The van der Waals surface area contributed by atoms with Crippen molar-refractivity contribution in [2.24, 2.45) is 0 Å². The van der Waals surface area contributed by atoms with Gasteiger partial charge in [0.25, 0.3) is 5.91 Å². The van der Waals surface area contributed by atoms with Gasteiger partial charge in [0.15, 0.2) is 0 Å². The summed E-state index contributed by atoms with van der Waals surface area (Å²) in [6.45, 7) is 3.85. The number of aliphatic hydroxyl groups is 1. The molecule has 24 heavy (non-hydrogen) atoms. The summed E-state index contributed by atoms with van der Waals surface area (Å²) in [4.78, 5) is 16.6. The van der Waals surface area contributed by atoms with Gasteiger partial charge in [0.05, 0.1) is 17.4 Å². The Bertz CT molecular complexity index is 890. The number of hydrogen-bond donors (Lipinski definition) is 2.